The summed E-state index contributed by atoms with van der Waals surface area (Å²) in [5.41, 5.74) is 0.991. The van der Waals surface area contributed by atoms with Gasteiger partial charge in [0.05, 0.1) is 13.1 Å². The minimum atomic E-state index is -0.105. The SMILES string of the molecule is CCC(C)CN(CC(=O)N(Cc1ccccc1)Cc1ccc(C)s1)C(=O)CC(C)(C)C. The van der Waals surface area contributed by atoms with E-state index >= 15 is 0 Å². The second-order valence-electron chi connectivity index (χ2n) is 9.77. The van der Waals surface area contributed by atoms with Crippen LogP contribution in [0.15, 0.2) is 42.5 Å². The summed E-state index contributed by atoms with van der Waals surface area (Å²) in [6.07, 6.45) is 1.43. The molecule has 0 radical (unpaired) electrons. The number of aryl methyl sites for hydroxylation is 1. The van der Waals surface area contributed by atoms with Gasteiger partial charge < -0.3 is 9.80 Å². The molecule has 1 atom stereocenters. The van der Waals surface area contributed by atoms with Crippen molar-refractivity contribution >= 4 is 23.2 Å². The van der Waals surface area contributed by atoms with Gasteiger partial charge in [0.2, 0.25) is 11.8 Å². The summed E-state index contributed by atoms with van der Waals surface area (Å²) >= 11 is 1.72. The van der Waals surface area contributed by atoms with Gasteiger partial charge in [-0.25, -0.2) is 0 Å². The summed E-state index contributed by atoms with van der Waals surface area (Å²) in [4.78, 5) is 32.6. The van der Waals surface area contributed by atoms with Crippen LogP contribution in [-0.2, 0) is 22.7 Å². The predicted molar refractivity (Wildman–Crippen MR) is 130 cm³/mol. The smallest absolute Gasteiger partial charge is 0.242 e. The van der Waals surface area contributed by atoms with Crippen molar-refractivity contribution in [3.63, 3.8) is 0 Å². The van der Waals surface area contributed by atoms with Crippen LogP contribution < -0.4 is 0 Å². The van der Waals surface area contributed by atoms with E-state index < -0.39 is 0 Å². The molecule has 2 rings (SSSR count). The molecule has 0 N–H and O–H groups in total. The molecule has 0 aliphatic rings. The number of benzene rings is 1. The molecule has 0 spiro atoms. The first-order valence-electron chi connectivity index (χ1n) is 11.2. The molecule has 2 aromatic rings. The Morgan fingerprint density at radius 1 is 0.968 bits per heavy atom. The fourth-order valence-electron chi connectivity index (χ4n) is 3.38. The lowest BCUT2D eigenvalue weighted by Crippen LogP contribution is -2.44. The normalized spacial score (nSPS) is 12.5. The molecular formula is C26H38N2O2S. The summed E-state index contributed by atoms with van der Waals surface area (Å²) in [5, 5.41) is 0. The average Bonchev–Trinajstić information content (AvgIpc) is 3.11. The molecule has 1 aromatic heterocycles. The van der Waals surface area contributed by atoms with E-state index in [1.165, 1.54) is 4.88 Å². The lowest BCUT2D eigenvalue weighted by molar-refractivity contribution is -0.142. The Kier molecular flexibility index (Phi) is 9.30. The Hall–Kier alpha value is -2.14. The first-order chi connectivity index (χ1) is 14.6. The zero-order valence-corrected chi connectivity index (χ0v) is 20.8. The highest BCUT2D eigenvalue weighted by Crippen LogP contribution is 2.22. The van der Waals surface area contributed by atoms with Crippen LogP contribution in [0.1, 0.15) is 62.8 Å². The number of hydrogen-bond donors (Lipinski definition) is 0. The number of carbonyl (C=O) groups excluding carboxylic acids is 2. The van der Waals surface area contributed by atoms with Crippen LogP contribution in [0.2, 0.25) is 0 Å². The highest BCUT2D eigenvalue weighted by molar-refractivity contribution is 7.11. The molecule has 0 bridgehead atoms. The lowest BCUT2D eigenvalue weighted by Gasteiger charge is -2.31. The summed E-state index contributed by atoms with van der Waals surface area (Å²) in [6.45, 7) is 14.4. The van der Waals surface area contributed by atoms with Crippen molar-refractivity contribution < 1.29 is 9.59 Å². The second-order valence-corrected chi connectivity index (χ2v) is 11.1. The largest absolute Gasteiger partial charge is 0.333 e. The fraction of sp³-hybridized carbons (Fsp3) is 0.538. The Labute approximate surface area is 192 Å². The van der Waals surface area contributed by atoms with Crippen LogP contribution in [0.25, 0.3) is 0 Å². The highest BCUT2D eigenvalue weighted by Gasteiger charge is 2.26. The van der Waals surface area contributed by atoms with Gasteiger partial charge in [-0.15, -0.1) is 11.3 Å². The molecule has 2 amide bonds. The quantitative estimate of drug-likeness (QED) is 0.460. The Morgan fingerprint density at radius 3 is 2.19 bits per heavy atom. The van der Waals surface area contributed by atoms with Gasteiger partial charge >= 0.3 is 0 Å². The molecule has 1 unspecified atom stereocenters. The third kappa shape index (κ3) is 8.86. The van der Waals surface area contributed by atoms with Gasteiger partial charge in [-0.2, -0.15) is 0 Å². The van der Waals surface area contributed by atoms with Crippen molar-refractivity contribution in [3.05, 3.63) is 57.8 Å². The topological polar surface area (TPSA) is 40.6 Å². The van der Waals surface area contributed by atoms with Crippen molar-refractivity contribution in [2.75, 3.05) is 13.1 Å². The molecule has 0 saturated heterocycles. The Morgan fingerprint density at radius 2 is 1.65 bits per heavy atom. The van der Waals surface area contributed by atoms with Crippen molar-refractivity contribution in [2.24, 2.45) is 11.3 Å². The van der Waals surface area contributed by atoms with E-state index in [-0.39, 0.29) is 23.8 Å². The summed E-state index contributed by atoms with van der Waals surface area (Å²) in [5.74, 6) is 0.424. The number of thiophene rings is 1. The molecular weight excluding hydrogens is 404 g/mol. The zero-order valence-electron chi connectivity index (χ0n) is 20.0. The molecule has 0 saturated carbocycles. The summed E-state index contributed by atoms with van der Waals surface area (Å²) in [7, 11) is 0. The van der Waals surface area contributed by atoms with Gasteiger partial charge in [-0.1, -0.05) is 71.4 Å². The summed E-state index contributed by atoms with van der Waals surface area (Å²) in [6, 6.07) is 14.2. The number of rotatable bonds is 10. The molecule has 31 heavy (non-hydrogen) atoms. The van der Waals surface area contributed by atoms with Crippen LogP contribution in [0.4, 0.5) is 0 Å². The monoisotopic (exact) mass is 442 g/mol. The third-order valence-corrected chi connectivity index (χ3v) is 6.29. The Bertz CT molecular complexity index is 839. The number of nitrogens with zero attached hydrogens (tertiary/aromatic N) is 2. The van der Waals surface area contributed by atoms with Crippen molar-refractivity contribution in [2.45, 2.75) is 67.5 Å². The van der Waals surface area contributed by atoms with Crippen LogP contribution >= 0.6 is 11.3 Å². The van der Waals surface area contributed by atoms with E-state index in [9.17, 15) is 9.59 Å². The van der Waals surface area contributed by atoms with E-state index in [2.05, 4.69) is 53.7 Å². The zero-order chi connectivity index (χ0) is 23.0. The average molecular weight is 443 g/mol. The van der Waals surface area contributed by atoms with Crippen molar-refractivity contribution in [1.29, 1.82) is 0 Å². The molecule has 4 nitrogen and oxygen atoms in total. The van der Waals surface area contributed by atoms with Crippen LogP contribution in [-0.4, -0.2) is 34.7 Å². The minimum Gasteiger partial charge on any atom is -0.333 e. The van der Waals surface area contributed by atoms with E-state index in [0.29, 0.717) is 32.0 Å². The van der Waals surface area contributed by atoms with Crippen LogP contribution in [0.5, 0.6) is 0 Å². The maximum atomic E-state index is 13.4. The molecule has 5 heteroatoms. The second kappa shape index (κ2) is 11.5. The first kappa shape index (κ1) is 25.1. The molecule has 0 aliphatic carbocycles. The van der Waals surface area contributed by atoms with E-state index in [4.69, 9.17) is 0 Å². The number of hydrogen-bond acceptors (Lipinski definition) is 3. The molecule has 0 fully saturated rings. The van der Waals surface area contributed by atoms with Gasteiger partial charge in [0.25, 0.3) is 0 Å². The van der Waals surface area contributed by atoms with Crippen LogP contribution in [0.3, 0.4) is 0 Å². The molecule has 1 heterocycles. The first-order valence-corrected chi connectivity index (χ1v) is 12.0. The maximum Gasteiger partial charge on any atom is 0.242 e. The van der Waals surface area contributed by atoms with Crippen LogP contribution in [0, 0.1) is 18.3 Å². The van der Waals surface area contributed by atoms with Crippen molar-refractivity contribution in [3.8, 4) is 0 Å². The summed E-state index contributed by atoms with van der Waals surface area (Å²) < 4.78 is 0. The van der Waals surface area contributed by atoms with E-state index in [0.717, 1.165) is 16.9 Å². The predicted octanol–water partition coefficient (Wildman–Crippen LogP) is 5.90. The van der Waals surface area contributed by atoms with E-state index in [1.54, 1.807) is 16.2 Å². The van der Waals surface area contributed by atoms with E-state index in [1.807, 2.05) is 35.2 Å². The van der Waals surface area contributed by atoms with Gasteiger partial charge in [0.1, 0.15) is 0 Å². The number of carbonyl (C=O) groups is 2. The third-order valence-electron chi connectivity index (χ3n) is 5.30. The van der Waals surface area contributed by atoms with Crippen molar-refractivity contribution in [1.82, 2.24) is 9.80 Å². The minimum absolute atomic E-state index is 0.000434. The standard InChI is InChI=1S/C26H38N2O2S/c1-7-20(2)16-27(24(29)15-26(4,5)6)19-25(30)28(17-22-11-9-8-10-12-22)18-23-14-13-21(3)31-23/h8-14,20H,7,15-19H2,1-6H3. The Balaban J connectivity index is 2.20. The maximum absolute atomic E-state index is 13.4. The molecule has 0 aliphatic heterocycles. The van der Waals surface area contributed by atoms with Gasteiger partial charge in [0.15, 0.2) is 0 Å². The van der Waals surface area contributed by atoms with Gasteiger partial charge in [-0.3, -0.25) is 9.59 Å². The lowest BCUT2D eigenvalue weighted by atomic mass is 9.91. The number of amides is 2. The van der Waals surface area contributed by atoms with Gasteiger partial charge in [0, 0.05) is 29.3 Å². The molecule has 170 valence electrons. The fourth-order valence-corrected chi connectivity index (χ4v) is 4.29. The van der Waals surface area contributed by atoms with Gasteiger partial charge in [-0.05, 0) is 36.0 Å². The molecule has 1 aromatic carbocycles. The highest BCUT2D eigenvalue weighted by atomic mass is 32.1.